The van der Waals surface area contributed by atoms with Gasteiger partial charge in [0, 0.05) is 22.6 Å². The maximum atomic E-state index is 8.12. The van der Waals surface area contributed by atoms with Crippen LogP contribution in [0.5, 0.6) is 0 Å². The summed E-state index contributed by atoms with van der Waals surface area (Å²) in [5.41, 5.74) is 4.92. The lowest BCUT2D eigenvalue weighted by atomic mass is 10.2. The zero-order valence-electron chi connectivity index (χ0n) is 17.6. The minimum atomic E-state index is 0.250. The highest BCUT2D eigenvalue weighted by molar-refractivity contribution is 8.01. The third kappa shape index (κ3) is 5.67. The van der Waals surface area contributed by atoms with Crippen LogP contribution in [0.2, 0.25) is 10.0 Å². The van der Waals surface area contributed by atoms with Crippen molar-refractivity contribution in [3.05, 3.63) is 51.9 Å². The molecule has 0 aliphatic rings. The number of aryl methyl sites for hydroxylation is 2. The fourth-order valence-corrected chi connectivity index (χ4v) is 6.37. The van der Waals surface area contributed by atoms with E-state index in [2.05, 4.69) is 24.3 Å². The molecule has 6 nitrogen and oxygen atoms in total. The first kappa shape index (κ1) is 24.6. The topological polar surface area (TPSA) is 77.7 Å². The highest BCUT2D eigenvalue weighted by atomic mass is 35.5. The molecule has 0 unspecified atom stereocenters. The molecule has 0 atom stereocenters. The van der Waals surface area contributed by atoms with E-state index in [1.807, 2.05) is 42.9 Å². The fraction of sp³-hybridized carbons (Fsp3) is 0.238. The van der Waals surface area contributed by atoms with Gasteiger partial charge >= 0.3 is 6.15 Å². The first-order valence-electron chi connectivity index (χ1n) is 9.36. The number of rotatable bonds is 5. The number of carbonyl (C=O) groups excluding carboxylic acids is 2. The van der Waals surface area contributed by atoms with Gasteiger partial charge in [-0.25, -0.2) is 9.67 Å². The Kier molecular flexibility index (Phi) is 8.27. The number of hydrogen-bond acceptors (Lipinski definition) is 8. The van der Waals surface area contributed by atoms with Crippen LogP contribution in [0.1, 0.15) is 25.2 Å². The molecule has 0 radical (unpaired) electrons. The predicted molar refractivity (Wildman–Crippen MR) is 131 cm³/mol. The lowest BCUT2D eigenvalue weighted by Gasteiger charge is -2.05. The molecule has 32 heavy (non-hydrogen) atoms. The summed E-state index contributed by atoms with van der Waals surface area (Å²) in [6.07, 6.45) is 2.28. The van der Waals surface area contributed by atoms with Crippen LogP contribution in [0.4, 0.5) is 0 Å². The van der Waals surface area contributed by atoms with Gasteiger partial charge in [-0.1, -0.05) is 54.5 Å². The van der Waals surface area contributed by atoms with Crippen LogP contribution in [-0.4, -0.2) is 30.5 Å². The van der Waals surface area contributed by atoms with Gasteiger partial charge in [0.25, 0.3) is 0 Å². The molecule has 0 aliphatic heterocycles. The van der Waals surface area contributed by atoms with Crippen molar-refractivity contribution in [2.45, 2.75) is 37.2 Å². The van der Waals surface area contributed by atoms with Gasteiger partial charge in [0.1, 0.15) is 0 Å². The number of halogens is 2. The quantitative estimate of drug-likeness (QED) is 0.262. The van der Waals surface area contributed by atoms with Crippen molar-refractivity contribution in [1.29, 1.82) is 0 Å². The van der Waals surface area contributed by atoms with Crippen LogP contribution in [0.15, 0.2) is 34.7 Å². The van der Waals surface area contributed by atoms with Crippen LogP contribution in [0, 0.1) is 13.8 Å². The molecule has 1 aromatic carbocycles. The lowest BCUT2D eigenvalue weighted by Crippen LogP contribution is -1.94. The van der Waals surface area contributed by atoms with E-state index < -0.39 is 0 Å². The van der Waals surface area contributed by atoms with Crippen molar-refractivity contribution in [2.24, 2.45) is 0 Å². The molecular weight excluding hydrogens is 507 g/mol. The van der Waals surface area contributed by atoms with Crippen molar-refractivity contribution in [2.75, 3.05) is 0 Å². The Morgan fingerprint density at radius 2 is 1.84 bits per heavy atom. The number of benzene rings is 1. The fourth-order valence-electron chi connectivity index (χ4n) is 2.80. The van der Waals surface area contributed by atoms with Gasteiger partial charge in [0.05, 0.1) is 36.2 Å². The summed E-state index contributed by atoms with van der Waals surface area (Å²) < 4.78 is 7.38. The van der Waals surface area contributed by atoms with Crippen molar-refractivity contribution in [3.63, 3.8) is 0 Å². The van der Waals surface area contributed by atoms with E-state index in [9.17, 15) is 0 Å². The zero-order chi connectivity index (χ0) is 23.4. The Hall–Kier alpha value is -2.00. The summed E-state index contributed by atoms with van der Waals surface area (Å²) in [6, 6.07) is 7.72. The summed E-state index contributed by atoms with van der Waals surface area (Å²) in [5.74, 6) is 0. The first-order chi connectivity index (χ1) is 15.2. The average Bonchev–Trinajstić information content (AvgIpc) is 3.43. The molecule has 11 heteroatoms. The molecule has 166 valence electrons. The molecule has 3 aromatic heterocycles. The van der Waals surface area contributed by atoms with Crippen LogP contribution >= 0.6 is 57.8 Å². The molecular formula is C21H18Cl2N4O2S3. The molecule has 4 rings (SSSR count). The molecule has 0 spiro atoms. The molecule has 0 amide bonds. The lowest BCUT2D eigenvalue weighted by molar-refractivity contribution is -0.191. The molecule has 0 N–H and O–H groups in total. The number of hydrogen-bond donors (Lipinski definition) is 0. The Morgan fingerprint density at radius 1 is 1.12 bits per heavy atom. The van der Waals surface area contributed by atoms with Crippen LogP contribution < -0.4 is 0 Å². The molecule has 0 aliphatic carbocycles. The van der Waals surface area contributed by atoms with E-state index in [1.165, 1.54) is 11.5 Å². The number of thiazole rings is 1. The Bertz CT molecular complexity index is 1270. The molecule has 3 heterocycles. The van der Waals surface area contributed by atoms with Gasteiger partial charge in [-0.2, -0.15) is 19.1 Å². The van der Waals surface area contributed by atoms with Crippen LogP contribution in [0.25, 0.3) is 26.8 Å². The Labute approximate surface area is 207 Å². The van der Waals surface area contributed by atoms with Crippen molar-refractivity contribution in [1.82, 2.24) is 19.1 Å². The zero-order valence-corrected chi connectivity index (χ0v) is 21.5. The highest BCUT2D eigenvalue weighted by Crippen LogP contribution is 2.41. The normalized spacial score (nSPS) is 10.7. The van der Waals surface area contributed by atoms with Gasteiger partial charge in [0.15, 0.2) is 0 Å². The van der Waals surface area contributed by atoms with Gasteiger partial charge in [-0.3, -0.25) is 0 Å². The van der Waals surface area contributed by atoms with E-state index in [1.54, 1.807) is 23.1 Å². The second-order valence-corrected chi connectivity index (χ2v) is 11.4. The monoisotopic (exact) mass is 524 g/mol. The minimum absolute atomic E-state index is 0.250. The SMILES string of the molecule is Cc1cc(-c2cn(-c3nc(-c4ccc(Cl)c(Cl)c4)c(SC(C)C)s3)nc2C)sn1.O=C=O. The van der Waals surface area contributed by atoms with Gasteiger partial charge in [-0.05, 0) is 43.6 Å². The third-order valence-corrected chi connectivity index (χ3v) is 8.02. The second-order valence-electron chi connectivity index (χ2n) is 6.92. The van der Waals surface area contributed by atoms with Crippen LogP contribution in [-0.2, 0) is 9.59 Å². The van der Waals surface area contributed by atoms with Gasteiger partial charge < -0.3 is 0 Å². The largest absolute Gasteiger partial charge is 0.373 e. The molecule has 0 bridgehead atoms. The summed E-state index contributed by atoms with van der Waals surface area (Å²) in [6.45, 7) is 8.35. The molecule has 0 saturated carbocycles. The van der Waals surface area contributed by atoms with Crippen LogP contribution in [0.3, 0.4) is 0 Å². The number of nitrogens with zero attached hydrogens (tertiary/aromatic N) is 4. The average molecular weight is 526 g/mol. The van der Waals surface area contributed by atoms with Crippen molar-refractivity contribution < 1.29 is 9.59 Å². The van der Waals surface area contributed by atoms with Gasteiger partial charge in [0.2, 0.25) is 5.13 Å². The molecule has 4 aromatic rings. The molecule has 0 fully saturated rings. The smallest absolute Gasteiger partial charge is 0.217 e. The summed E-state index contributed by atoms with van der Waals surface area (Å²) in [7, 11) is 0. The van der Waals surface area contributed by atoms with Crippen molar-refractivity contribution >= 4 is 64.0 Å². The maximum absolute atomic E-state index is 8.12. The standard InChI is InChI=1S/C20H18Cl2N4S3.CO2/c1-10(2)27-19-18(13-5-6-15(21)16(22)8-13)23-20(28-19)26-9-14(12(4)24-26)17-7-11(3)25-29-17;2-1-3/h5-10H,1-4H3;. The second kappa shape index (κ2) is 10.7. The van der Waals surface area contributed by atoms with Gasteiger partial charge in [-0.15, -0.1) is 11.8 Å². The number of thioether (sulfide) groups is 1. The van der Waals surface area contributed by atoms with E-state index in [0.29, 0.717) is 15.3 Å². The Morgan fingerprint density at radius 3 is 2.44 bits per heavy atom. The van der Waals surface area contributed by atoms with Crippen molar-refractivity contribution in [3.8, 4) is 26.8 Å². The first-order valence-corrected chi connectivity index (χ1v) is 12.6. The summed E-state index contributed by atoms with van der Waals surface area (Å²) in [5, 5.41) is 7.03. The third-order valence-electron chi connectivity index (χ3n) is 4.11. The van der Waals surface area contributed by atoms with E-state index in [4.69, 9.17) is 42.9 Å². The highest BCUT2D eigenvalue weighted by Gasteiger charge is 2.19. The summed E-state index contributed by atoms with van der Waals surface area (Å²) >= 11 is 17.3. The Balaban J connectivity index is 0.000000913. The number of aromatic nitrogens is 4. The van der Waals surface area contributed by atoms with E-state index in [-0.39, 0.29) is 6.15 Å². The predicted octanol–water partition coefficient (Wildman–Crippen LogP) is 6.96. The minimum Gasteiger partial charge on any atom is -0.217 e. The molecule has 0 saturated heterocycles. The summed E-state index contributed by atoms with van der Waals surface area (Å²) in [4.78, 5) is 22.3. The van der Waals surface area contributed by atoms with E-state index >= 15 is 0 Å². The maximum Gasteiger partial charge on any atom is 0.373 e. The van der Waals surface area contributed by atoms with E-state index in [0.717, 1.165) is 42.4 Å².